The van der Waals surface area contributed by atoms with Gasteiger partial charge in [0.2, 0.25) is 0 Å². The standard InChI is InChI=1S/C19H18N2O3S2/c1-12-2-7-16-14(10-12)11-17(26-16)18(22)20-8-9-24-15-5-3-13(4-6-15)19(25)21-23/h2-7,10-11,23H,8-9H2,1H3,(H,20,22)(H,21,25). The molecule has 3 aromatic rings. The molecule has 0 unspecified atom stereocenters. The van der Waals surface area contributed by atoms with E-state index < -0.39 is 0 Å². The van der Waals surface area contributed by atoms with Crippen molar-refractivity contribution in [1.82, 2.24) is 10.8 Å². The first-order chi connectivity index (χ1) is 12.6. The molecule has 0 radical (unpaired) electrons. The lowest BCUT2D eigenvalue weighted by Crippen LogP contribution is -2.27. The summed E-state index contributed by atoms with van der Waals surface area (Å²) in [6.45, 7) is 2.80. The zero-order valence-electron chi connectivity index (χ0n) is 14.1. The van der Waals surface area contributed by atoms with E-state index in [1.165, 1.54) is 16.9 Å². The minimum absolute atomic E-state index is 0.0952. The molecule has 26 heavy (non-hydrogen) atoms. The van der Waals surface area contributed by atoms with Gasteiger partial charge in [0, 0.05) is 10.3 Å². The Labute approximate surface area is 160 Å². The molecule has 1 aromatic heterocycles. The molecule has 0 fully saturated rings. The van der Waals surface area contributed by atoms with Crippen LogP contribution in [0.3, 0.4) is 0 Å². The number of nitrogens with one attached hydrogen (secondary N) is 2. The Balaban J connectivity index is 1.49. The van der Waals surface area contributed by atoms with Gasteiger partial charge in [0.05, 0.1) is 11.4 Å². The highest BCUT2D eigenvalue weighted by Gasteiger charge is 2.10. The van der Waals surface area contributed by atoms with E-state index in [9.17, 15) is 4.79 Å². The number of fused-ring (bicyclic) bond motifs is 1. The topological polar surface area (TPSA) is 70.6 Å². The van der Waals surface area contributed by atoms with Gasteiger partial charge in [0.25, 0.3) is 5.91 Å². The average molecular weight is 386 g/mol. The minimum Gasteiger partial charge on any atom is -0.492 e. The van der Waals surface area contributed by atoms with Crippen LogP contribution >= 0.6 is 23.6 Å². The summed E-state index contributed by atoms with van der Waals surface area (Å²) in [5.74, 6) is 0.572. The Bertz CT molecular complexity index is 936. The highest BCUT2D eigenvalue weighted by molar-refractivity contribution is 7.80. The number of hydrogen-bond acceptors (Lipinski definition) is 5. The molecular weight excluding hydrogens is 368 g/mol. The number of carbonyl (C=O) groups excluding carboxylic acids is 1. The van der Waals surface area contributed by atoms with E-state index in [4.69, 9.17) is 22.2 Å². The molecular formula is C19H18N2O3S2. The summed E-state index contributed by atoms with van der Waals surface area (Å²) in [5, 5.41) is 12.7. The van der Waals surface area contributed by atoms with E-state index in [0.29, 0.717) is 29.3 Å². The van der Waals surface area contributed by atoms with Gasteiger partial charge in [-0.2, -0.15) is 0 Å². The van der Waals surface area contributed by atoms with Gasteiger partial charge in [-0.05, 0) is 48.7 Å². The van der Waals surface area contributed by atoms with E-state index in [1.54, 1.807) is 24.3 Å². The van der Waals surface area contributed by atoms with Crippen LogP contribution in [0.15, 0.2) is 48.5 Å². The molecule has 0 bridgehead atoms. The van der Waals surface area contributed by atoms with Crippen molar-refractivity contribution in [1.29, 1.82) is 0 Å². The Kier molecular flexibility index (Phi) is 5.82. The molecule has 0 aliphatic heterocycles. The van der Waals surface area contributed by atoms with E-state index in [2.05, 4.69) is 11.4 Å². The number of ether oxygens (including phenoxy) is 1. The summed E-state index contributed by atoms with van der Waals surface area (Å²) in [6.07, 6.45) is 0. The molecule has 0 saturated heterocycles. The normalized spacial score (nSPS) is 10.5. The number of thiophene rings is 1. The molecule has 0 aliphatic carbocycles. The van der Waals surface area contributed by atoms with Crippen LogP contribution < -0.4 is 15.5 Å². The first-order valence-corrected chi connectivity index (χ1v) is 9.25. The number of aryl methyl sites for hydroxylation is 1. The summed E-state index contributed by atoms with van der Waals surface area (Å²) in [5.41, 5.74) is 3.81. The Hall–Kier alpha value is -2.48. The lowest BCUT2D eigenvalue weighted by atomic mass is 10.2. The van der Waals surface area contributed by atoms with Crippen molar-refractivity contribution >= 4 is 44.5 Å². The van der Waals surface area contributed by atoms with Crippen LogP contribution in [0.2, 0.25) is 0 Å². The predicted octanol–water partition coefficient (Wildman–Crippen LogP) is 3.67. The number of thiocarbonyl (C=S) groups is 1. The molecule has 3 N–H and O–H groups in total. The van der Waals surface area contributed by atoms with Crippen LogP contribution in [0, 0.1) is 6.92 Å². The van der Waals surface area contributed by atoms with Crippen molar-refractivity contribution in [3.8, 4) is 5.75 Å². The zero-order chi connectivity index (χ0) is 18.5. The quantitative estimate of drug-likeness (QED) is 0.343. The third kappa shape index (κ3) is 4.37. The maximum atomic E-state index is 12.3. The first kappa shape index (κ1) is 18.3. The summed E-state index contributed by atoms with van der Waals surface area (Å²) in [4.78, 5) is 13.2. The summed E-state index contributed by atoms with van der Waals surface area (Å²) in [6, 6.07) is 15.1. The van der Waals surface area contributed by atoms with E-state index >= 15 is 0 Å². The smallest absolute Gasteiger partial charge is 0.261 e. The first-order valence-electron chi connectivity index (χ1n) is 8.02. The number of hydrogen-bond donors (Lipinski definition) is 3. The third-order valence-electron chi connectivity index (χ3n) is 3.77. The molecule has 7 heteroatoms. The van der Waals surface area contributed by atoms with E-state index in [1.807, 2.05) is 30.6 Å². The van der Waals surface area contributed by atoms with Crippen molar-refractivity contribution in [3.63, 3.8) is 0 Å². The van der Waals surface area contributed by atoms with Crippen LogP contribution in [0.5, 0.6) is 5.75 Å². The van der Waals surface area contributed by atoms with E-state index in [0.717, 1.165) is 10.1 Å². The Morgan fingerprint density at radius 2 is 1.96 bits per heavy atom. The van der Waals surface area contributed by atoms with Gasteiger partial charge in [-0.15, -0.1) is 11.3 Å². The zero-order valence-corrected chi connectivity index (χ0v) is 15.7. The lowest BCUT2D eigenvalue weighted by Gasteiger charge is -2.08. The number of benzene rings is 2. The van der Waals surface area contributed by atoms with Crippen LogP contribution in [-0.4, -0.2) is 29.3 Å². The van der Waals surface area contributed by atoms with Crippen molar-refractivity contribution in [2.24, 2.45) is 0 Å². The van der Waals surface area contributed by atoms with Crippen LogP contribution in [0.25, 0.3) is 10.1 Å². The van der Waals surface area contributed by atoms with Crippen LogP contribution in [-0.2, 0) is 0 Å². The monoisotopic (exact) mass is 386 g/mol. The highest BCUT2D eigenvalue weighted by atomic mass is 32.1. The van der Waals surface area contributed by atoms with Crippen molar-refractivity contribution in [2.45, 2.75) is 6.92 Å². The SMILES string of the molecule is Cc1ccc2sc(C(=O)NCCOc3ccc(C(=S)NO)cc3)cc2c1. The summed E-state index contributed by atoms with van der Waals surface area (Å²) in [7, 11) is 0. The van der Waals surface area contributed by atoms with Crippen molar-refractivity contribution in [2.75, 3.05) is 13.2 Å². The molecule has 2 aromatic carbocycles. The van der Waals surface area contributed by atoms with Crippen molar-refractivity contribution < 1.29 is 14.7 Å². The molecule has 0 spiro atoms. The van der Waals surface area contributed by atoms with Gasteiger partial charge in [-0.1, -0.05) is 29.9 Å². The fourth-order valence-electron chi connectivity index (χ4n) is 2.46. The third-order valence-corrected chi connectivity index (χ3v) is 5.21. The second kappa shape index (κ2) is 8.27. The van der Waals surface area contributed by atoms with Gasteiger partial charge in [0.1, 0.15) is 17.3 Å². The maximum Gasteiger partial charge on any atom is 0.261 e. The molecule has 5 nitrogen and oxygen atoms in total. The van der Waals surface area contributed by atoms with Crippen molar-refractivity contribution in [3.05, 3.63) is 64.5 Å². The fourth-order valence-corrected chi connectivity index (χ4v) is 3.56. The number of rotatable bonds is 6. The lowest BCUT2D eigenvalue weighted by molar-refractivity contribution is 0.0951. The molecule has 0 aliphatic rings. The predicted molar refractivity (Wildman–Crippen MR) is 107 cm³/mol. The van der Waals surface area contributed by atoms with Gasteiger partial charge < -0.3 is 10.1 Å². The van der Waals surface area contributed by atoms with Crippen LogP contribution in [0.1, 0.15) is 20.8 Å². The summed E-state index contributed by atoms with van der Waals surface area (Å²) < 4.78 is 6.70. The molecule has 134 valence electrons. The number of carbonyl (C=O) groups is 1. The van der Waals surface area contributed by atoms with E-state index in [-0.39, 0.29) is 10.9 Å². The average Bonchev–Trinajstić information content (AvgIpc) is 3.08. The molecule has 0 atom stereocenters. The number of amides is 1. The Morgan fingerprint density at radius 3 is 2.69 bits per heavy atom. The fraction of sp³-hybridized carbons (Fsp3) is 0.158. The van der Waals surface area contributed by atoms with Gasteiger partial charge in [0.15, 0.2) is 0 Å². The largest absolute Gasteiger partial charge is 0.492 e. The molecule has 1 amide bonds. The van der Waals surface area contributed by atoms with Crippen LogP contribution in [0.4, 0.5) is 0 Å². The van der Waals surface area contributed by atoms with Gasteiger partial charge in [-0.25, -0.2) is 0 Å². The molecule has 3 rings (SSSR count). The minimum atomic E-state index is -0.0952. The summed E-state index contributed by atoms with van der Waals surface area (Å²) >= 11 is 6.41. The Morgan fingerprint density at radius 1 is 1.19 bits per heavy atom. The van der Waals surface area contributed by atoms with Gasteiger partial charge >= 0.3 is 0 Å². The second-order valence-electron chi connectivity index (χ2n) is 5.72. The maximum absolute atomic E-state index is 12.3. The van der Waals surface area contributed by atoms with Gasteiger partial charge in [-0.3, -0.25) is 15.5 Å². The highest BCUT2D eigenvalue weighted by Crippen LogP contribution is 2.26. The molecule has 0 saturated carbocycles. The molecule has 1 heterocycles. The number of hydroxylamine groups is 1. The second-order valence-corrected chi connectivity index (χ2v) is 7.21.